The van der Waals surface area contributed by atoms with Crippen LogP contribution >= 0.6 is 0 Å². The molecule has 0 saturated carbocycles. The molecule has 2 atom stereocenters. The normalized spacial score (nSPS) is 14.5. The zero-order chi connectivity index (χ0) is 11.3. The summed E-state index contributed by atoms with van der Waals surface area (Å²) >= 11 is 0. The lowest BCUT2D eigenvalue weighted by Gasteiger charge is -2.21. The smallest absolute Gasteiger partial charge is 0.308 e. The minimum Gasteiger partial charge on any atom is -0.481 e. The molecule has 0 saturated heterocycles. The Labute approximate surface area is 89.3 Å². The molecule has 15 heavy (non-hydrogen) atoms. The molecule has 0 aliphatic heterocycles. The third-order valence-electron chi connectivity index (χ3n) is 2.48. The molecule has 0 bridgehead atoms. The lowest BCUT2D eigenvalue weighted by atomic mass is 9.94. The molecule has 1 aromatic heterocycles. The van der Waals surface area contributed by atoms with E-state index in [0.29, 0.717) is 6.42 Å². The average Bonchev–Trinajstić information content (AvgIpc) is 2.26. The van der Waals surface area contributed by atoms with Crippen LogP contribution in [0.25, 0.3) is 0 Å². The van der Waals surface area contributed by atoms with Crippen LogP contribution in [-0.2, 0) is 4.79 Å². The van der Waals surface area contributed by atoms with Crippen molar-refractivity contribution in [1.29, 1.82) is 0 Å². The van der Waals surface area contributed by atoms with E-state index >= 15 is 0 Å². The number of nitrogens with one attached hydrogen (secondary N) is 1. The van der Waals surface area contributed by atoms with Gasteiger partial charge in [-0.1, -0.05) is 13.0 Å². The number of rotatable bonds is 5. The SMILES string of the molecule is CCC(C(=O)O)C(NC)c1ccccn1. The first-order chi connectivity index (χ1) is 7.20. The second-order valence-electron chi connectivity index (χ2n) is 3.37. The Bertz CT molecular complexity index is 314. The Morgan fingerprint density at radius 3 is 2.73 bits per heavy atom. The number of carboxylic acid groups (broad SMARTS) is 1. The van der Waals surface area contributed by atoms with Crippen molar-refractivity contribution >= 4 is 5.97 Å². The molecule has 0 amide bonds. The van der Waals surface area contributed by atoms with Crippen molar-refractivity contribution < 1.29 is 9.90 Å². The van der Waals surface area contributed by atoms with Crippen LogP contribution in [0.4, 0.5) is 0 Å². The van der Waals surface area contributed by atoms with E-state index in [0.717, 1.165) is 5.69 Å². The first-order valence-corrected chi connectivity index (χ1v) is 5.01. The van der Waals surface area contributed by atoms with Gasteiger partial charge in [-0.2, -0.15) is 0 Å². The summed E-state index contributed by atoms with van der Waals surface area (Å²) in [6.45, 7) is 1.87. The molecule has 2 unspecified atom stereocenters. The van der Waals surface area contributed by atoms with Crippen LogP contribution < -0.4 is 5.32 Å². The monoisotopic (exact) mass is 208 g/mol. The van der Waals surface area contributed by atoms with Gasteiger partial charge >= 0.3 is 5.97 Å². The van der Waals surface area contributed by atoms with Crippen molar-refractivity contribution in [3.63, 3.8) is 0 Å². The molecule has 4 heteroatoms. The van der Waals surface area contributed by atoms with Crippen LogP contribution in [0.15, 0.2) is 24.4 Å². The van der Waals surface area contributed by atoms with Gasteiger partial charge in [-0.15, -0.1) is 0 Å². The largest absolute Gasteiger partial charge is 0.481 e. The maximum absolute atomic E-state index is 11.0. The van der Waals surface area contributed by atoms with Crippen LogP contribution in [-0.4, -0.2) is 23.1 Å². The van der Waals surface area contributed by atoms with Crippen molar-refractivity contribution in [3.8, 4) is 0 Å². The molecule has 0 radical (unpaired) electrons. The van der Waals surface area contributed by atoms with Crippen LogP contribution in [0.3, 0.4) is 0 Å². The summed E-state index contributed by atoms with van der Waals surface area (Å²) in [5.74, 6) is -1.23. The fourth-order valence-corrected chi connectivity index (χ4v) is 1.67. The minimum absolute atomic E-state index is 0.228. The van der Waals surface area contributed by atoms with E-state index in [1.165, 1.54) is 0 Å². The van der Waals surface area contributed by atoms with E-state index in [4.69, 9.17) is 5.11 Å². The van der Waals surface area contributed by atoms with Gasteiger partial charge in [0.15, 0.2) is 0 Å². The molecule has 0 aliphatic carbocycles. The summed E-state index contributed by atoms with van der Waals surface area (Å²) in [5, 5.41) is 12.1. The molecule has 0 spiro atoms. The highest BCUT2D eigenvalue weighted by Gasteiger charge is 2.27. The van der Waals surface area contributed by atoms with Gasteiger partial charge in [0, 0.05) is 6.20 Å². The van der Waals surface area contributed by atoms with Crippen molar-refractivity contribution in [2.24, 2.45) is 5.92 Å². The molecule has 82 valence electrons. The first kappa shape index (κ1) is 11.7. The molecule has 0 aliphatic rings. The Morgan fingerprint density at radius 1 is 1.60 bits per heavy atom. The van der Waals surface area contributed by atoms with E-state index in [1.54, 1.807) is 13.2 Å². The average molecular weight is 208 g/mol. The number of hydrogen-bond donors (Lipinski definition) is 2. The third-order valence-corrected chi connectivity index (χ3v) is 2.48. The zero-order valence-electron chi connectivity index (χ0n) is 8.97. The number of aromatic nitrogens is 1. The standard InChI is InChI=1S/C11H16N2O2/c1-3-8(11(14)15)10(12-2)9-6-4-5-7-13-9/h4-8,10,12H,3H2,1-2H3,(H,14,15). The van der Waals surface area contributed by atoms with Gasteiger partial charge in [-0.3, -0.25) is 9.78 Å². The van der Waals surface area contributed by atoms with Crippen molar-refractivity contribution in [3.05, 3.63) is 30.1 Å². The summed E-state index contributed by atoms with van der Waals surface area (Å²) in [7, 11) is 1.75. The Morgan fingerprint density at radius 2 is 2.33 bits per heavy atom. The quantitative estimate of drug-likeness (QED) is 0.768. The highest BCUT2D eigenvalue weighted by Crippen LogP contribution is 2.22. The summed E-state index contributed by atoms with van der Waals surface area (Å²) in [5.41, 5.74) is 0.772. The number of aliphatic carboxylic acids is 1. The zero-order valence-corrected chi connectivity index (χ0v) is 8.97. The van der Waals surface area contributed by atoms with Gasteiger partial charge in [0.05, 0.1) is 17.7 Å². The molecular weight excluding hydrogens is 192 g/mol. The lowest BCUT2D eigenvalue weighted by molar-refractivity contribution is -0.143. The van der Waals surface area contributed by atoms with Crippen molar-refractivity contribution in [2.45, 2.75) is 19.4 Å². The number of carbonyl (C=O) groups is 1. The first-order valence-electron chi connectivity index (χ1n) is 5.01. The topological polar surface area (TPSA) is 62.2 Å². The Balaban J connectivity index is 2.92. The molecule has 0 fully saturated rings. The predicted octanol–water partition coefficient (Wildman–Crippen LogP) is 1.45. The predicted molar refractivity (Wildman–Crippen MR) is 57.5 cm³/mol. The summed E-state index contributed by atoms with van der Waals surface area (Å²) in [6, 6.07) is 5.29. The highest BCUT2D eigenvalue weighted by molar-refractivity contribution is 5.71. The summed E-state index contributed by atoms with van der Waals surface area (Å²) < 4.78 is 0. The third kappa shape index (κ3) is 2.76. The Hall–Kier alpha value is -1.42. The van der Waals surface area contributed by atoms with Gasteiger partial charge in [-0.05, 0) is 25.6 Å². The van der Waals surface area contributed by atoms with Crippen LogP contribution in [0.5, 0.6) is 0 Å². The van der Waals surface area contributed by atoms with Gasteiger partial charge in [0.25, 0.3) is 0 Å². The van der Waals surface area contributed by atoms with E-state index < -0.39 is 11.9 Å². The van der Waals surface area contributed by atoms with Crippen LogP contribution in [0.1, 0.15) is 25.1 Å². The summed E-state index contributed by atoms with van der Waals surface area (Å²) in [6.07, 6.45) is 2.26. The van der Waals surface area contributed by atoms with Gasteiger partial charge in [0.2, 0.25) is 0 Å². The fourth-order valence-electron chi connectivity index (χ4n) is 1.67. The molecule has 4 nitrogen and oxygen atoms in total. The van der Waals surface area contributed by atoms with Gasteiger partial charge in [0.1, 0.15) is 0 Å². The van der Waals surface area contributed by atoms with Crippen LogP contribution in [0.2, 0.25) is 0 Å². The number of pyridine rings is 1. The van der Waals surface area contributed by atoms with Crippen molar-refractivity contribution in [1.82, 2.24) is 10.3 Å². The molecular formula is C11H16N2O2. The molecule has 0 aromatic carbocycles. The molecule has 1 heterocycles. The Kier molecular flexibility index (Phi) is 4.24. The molecule has 2 N–H and O–H groups in total. The van der Waals surface area contributed by atoms with Crippen molar-refractivity contribution in [2.75, 3.05) is 7.05 Å². The van der Waals surface area contributed by atoms with E-state index in [1.807, 2.05) is 25.1 Å². The van der Waals surface area contributed by atoms with Gasteiger partial charge < -0.3 is 10.4 Å². The number of nitrogens with zero attached hydrogens (tertiary/aromatic N) is 1. The van der Waals surface area contributed by atoms with E-state index in [-0.39, 0.29) is 6.04 Å². The fraction of sp³-hybridized carbons (Fsp3) is 0.455. The molecule has 1 aromatic rings. The second kappa shape index (κ2) is 5.46. The highest BCUT2D eigenvalue weighted by atomic mass is 16.4. The minimum atomic E-state index is -0.789. The second-order valence-corrected chi connectivity index (χ2v) is 3.37. The number of hydrogen-bond acceptors (Lipinski definition) is 3. The van der Waals surface area contributed by atoms with Crippen LogP contribution in [0, 0.1) is 5.92 Å². The summed E-state index contributed by atoms with van der Waals surface area (Å²) in [4.78, 5) is 15.2. The maximum atomic E-state index is 11.0. The molecule has 1 rings (SSSR count). The number of carboxylic acids is 1. The van der Waals surface area contributed by atoms with Gasteiger partial charge in [-0.25, -0.2) is 0 Å². The maximum Gasteiger partial charge on any atom is 0.308 e. The van der Waals surface area contributed by atoms with E-state index in [9.17, 15) is 4.79 Å². The lowest BCUT2D eigenvalue weighted by Crippen LogP contribution is -2.31. The van der Waals surface area contributed by atoms with E-state index in [2.05, 4.69) is 10.3 Å².